The van der Waals surface area contributed by atoms with E-state index in [1.807, 2.05) is 36.4 Å². The largest absolute Gasteiger partial charge is 0.337 e. The van der Waals surface area contributed by atoms with Gasteiger partial charge in [-0.2, -0.15) is 0 Å². The molecule has 3 amide bonds. The average Bonchev–Trinajstić information content (AvgIpc) is 2.54. The predicted molar refractivity (Wildman–Crippen MR) is 84.9 cm³/mol. The number of hydrogen-bond donors (Lipinski definition) is 4. The molecule has 0 fully saturated rings. The molecule has 0 aliphatic carbocycles. The van der Waals surface area contributed by atoms with Crippen LogP contribution in [0.4, 0.5) is 10.5 Å². The van der Waals surface area contributed by atoms with Crippen LogP contribution in [-0.4, -0.2) is 18.0 Å². The quantitative estimate of drug-likeness (QED) is 0.643. The monoisotopic (exact) mass is 298 g/mol. The van der Waals surface area contributed by atoms with Gasteiger partial charge in [0, 0.05) is 5.69 Å². The highest BCUT2D eigenvalue weighted by Gasteiger charge is 2.14. The molecule has 2 rings (SSSR count). The Balaban J connectivity index is 1.76. The Morgan fingerprint density at radius 2 is 1.50 bits per heavy atom. The average molecular weight is 298 g/mol. The van der Waals surface area contributed by atoms with Crippen LogP contribution >= 0.6 is 0 Å². The minimum Gasteiger partial charge on any atom is -0.320 e. The van der Waals surface area contributed by atoms with Gasteiger partial charge in [-0.15, -0.1) is 0 Å². The highest BCUT2D eigenvalue weighted by Crippen LogP contribution is 2.04. The summed E-state index contributed by atoms with van der Waals surface area (Å²) >= 11 is 0. The van der Waals surface area contributed by atoms with Crippen LogP contribution in [-0.2, 0) is 11.2 Å². The van der Waals surface area contributed by atoms with Crippen molar-refractivity contribution in [2.45, 2.75) is 12.5 Å². The second kappa shape index (κ2) is 7.80. The molecule has 2 aromatic rings. The molecule has 0 aliphatic heterocycles. The number of nitrogens with two attached hydrogens (primary N) is 1. The Morgan fingerprint density at radius 1 is 0.909 bits per heavy atom. The fourth-order valence-corrected chi connectivity index (χ4v) is 1.86. The van der Waals surface area contributed by atoms with Gasteiger partial charge in [-0.05, 0) is 24.1 Å². The topological polar surface area (TPSA) is 96.2 Å². The molecule has 0 saturated heterocycles. The summed E-state index contributed by atoms with van der Waals surface area (Å²) in [5, 5.41) is 2.58. The second-order valence-corrected chi connectivity index (χ2v) is 4.73. The lowest BCUT2D eigenvalue weighted by Crippen LogP contribution is -2.51. The summed E-state index contributed by atoms with van der Waals surface area (Å²) < 4.78 is 0. The summed E-state index contributed by atoms with van der Waals surface area (Å²) in [5.74, 6) is -0.452. The van der Waals surface area contributed by atoms with E-state index in [9.17, 15) is 9.59 Å². The maximum atomic E-state index is 11.8. The van der Waals surface area contributed by atoms with Gasteiger partial charge in [-0.1, -0.05) is 48.5 Å². The molecule has 0 spiro atoms. The summed E-state index contributed by atoms with van der Waals surface area (Å²) in [6.07, 6.45) is 0.397. The molecule has 0 saturated carbocycles. The number of urea groups is 1. The number of para-hydroxylation sites is 1. The van der Waals surface area contributed by atoms with Crippen molar-refractivity contribution in [1.29, 1.82) is 0 Å². The fourth-order valence-electron chi connectivity index (χ4n) is 1.86. The van der Waals surface area contributed by atoms with E-state index in [1.54, 1.807) is 24.3 Å². The molecular weight excluding hydrogens is 280 g/mol. The fraction of sp³-hybridized carbons (Fsp3) is 0.125. The van der Waals surface area contributed by atoms with E-state index in [-0.39, 0.29) is 0 Å². The number of rotatable bonds is 4. The van der Waals surface area contributed by atoms with Crippen molar-refractivity contribution in [2.24, 2.45) is 5.73 Å². The second-order valence-electron chi connectivity index (χ2n) is 4.73. The first-order valence-electron chi connectivity index (χ1n) is 6.86. The highest BCUT2D eigenvalue weighted by atomic mass is 16.2. The van der Waals surface area contributed by atoms with Crippen molar-refractivity contribution in [3.05, 3.63) is 66.2 Å². The zero-order valence-electron chi connectivity index (χ0n) is 12.0. The van der Waals surface area contributed by atoms with Crippen LogP contribution in [0, 0.1) is 0 Å². The first-order valence-corrected chi connectivity index (χ1v) is 6.86. The van der Waals surface area contributed by atoms with E-state index < -0.39 is 18.0 Å². The third-order valence-corrected chi connectivity index (χ3v) is 2.97. The third kappa shape index (κ3) is 4.92. The van der Waals surface area contributed by atoms with Crippen LogP contribution in [0.1, 0.15) is 5.56 Å². The maximum absolute atomic E-state index is 11.8. The lowest BCUT2D eigenvalue weighted by Gasteiger charge is -2.13. The third-order valence-electron chi connectivity index (χ3n) is 2.97. The first kappa shape index (κ1) is 15.5. The van der Waals surface area contributed by atoms with Crippen LogP contribution in [0.2, 0.25) is 0 Å². The van der Waals surface area contributed by atoms with Crippen molar-refractivity contribution in [1.82, 2.24) is 10.9 Å². The number of amides is 3. The van der Waals surface area contributed by atoms with E-state index in [0.717, 1.165) is 5.56 Å². The Hall–Kier alpha value is -2.86. The number of hydrogen-bond acceptors (Lipinski definition) is 3. The Kier molecular flexibility index (Phi) is 5.50. The summed E-state index contributed by atoms with van der Waals surface area (Å²) in [6.45, 7) is 0. The van der Waals surface area contributed by atoms with Crippen LogP contribution < -0.4 is 21.9 Å². The van der Waals surface area contributed by atoms with Crippen molar-refractivity contribution in [3.8, 4) is 0 Å². The lowest BCUT2D eigenvalue weighted by molar-refractivity contribution is -0.123. The first-order chi connectivity index (χ1) is 10.6. The normalized spacial score (nSPS) is 11.3. The molecule has 1 atom stereocenters. The Labute approximate surface area is 128 Å². The van der Waals surface area contributed by atoms with Crippen LogP contribution in [0.3, 0.4) is 0 Å². The van der Waals surface area contributed by atoms with Gasteiger partial charge in [0.05, 0.1) is 6.04 Å². The van der Waals surface area contributed by atoms with Crippen molar-refractivity contribution in [2.75, 3.05) is 5.32 Å². The molecule has 0 bridgehead atoms. The van der Waals surface area contributed by atoms with Gasteiger partial charge < -0.3 is 11.1 Å². The molecule has 5 N–H and O–H groups in total. The number of benzene rings is 2. The Bertz CT molecular complexity index is 617. The molecule has 22 heavy (non-hydrogen) atoms. The molecule has 6 heteroatoms. The summed E-state index contributed by atoms with van der Waals surface area (Å²) in [7, 11) is 0. The van der Waals surface area contributed by atoms with Gasteiger partial charge in [0.15, 0.2) is 0 Å². The molecule has 0 heterocycles. The van der Waals surface area contributed by atoms with E-state index in [0.29, 0.717) is 12.1 Å². The number of carbonyl (C=O) groups is 2. The molecule has 0 aliphatic rings. The van der Waals surface area contributed by atoms with Crippen molar-refractivity contribution >= 4 is 17.6 Å². The highest BCUT2D eigenvalue weighted by molar-refractivity contribution is 5.91. The smallest absolute Gasteiger partial charge is 0.320 e. The van der Waals surface area contributed by atoms with Crippen LogP contribution in [0.15, 0.2) is 60.7 Å². The molecule has 1 unspecified atom stereocenters. The summed E-state index contributed by atoms with van der Waals surface area (Å²) in [6, 6.07) is 17.1. The van der Waals surface area contributed by atoms with Crippen LogP contribution in [0.25, 0.3) is 0 Å². The summed E-state index contributed by atoms with van der Waals surface area (Å²) in [4.78, 5) is 23.4. The minimum absolute atomic E-state index is 0.397. The molecule has 0 aromatic heterocycles. The minimum atomic E-state index is -0.737. The predicted octanol–water partition coefficient (Wildman–Crippen LogP) is 1.41. The summed E-state index contributed by atoms with van der Waals surface area (Å²) in [5.41, 5.74) is 12.0. The SMILES string of the molecule is NC(Cc1ccccc1)C(=O)NNC(=O)Nc1ccccc1. The Morgan fingerprint density at radius 3 is 2.14 bits per heavy atom. The lowest BCUT2D eigenvalue weighted by atomic mass is 10.1. The van der Waals surface area contributed by atoms with Gasteiger partial charge in [-0.3, -0.25) is 10.2 Å². The zero-order valence-corrected chi connectivity index (χ0v) is 12.0. The van der Waals surface area contributed by atoms with Gasteiger partial charge in [0.25, 0.3) is 5.91 Å². The molecule has 2 aromatic carbocycles. The van der Waals surface area contributed by atoms with Crippen molar-refractivity contribution < 1.29 is 9.59 Å². The van der Waals surface area contributed by atoms with E-state index >= 15 is 0 Å². The number of carbonyl (C=O) groups excluding carboxylic acids is 2. The zero-order chi connectivity index (χ0) is 15.8. The van der Waals surface area contributed by atoms with Gasteiger partial charge in [0.1, 0.15) is 0 Å². The standard InChI is InChI=1S/C16H18N4O2/c17-14(11-12-7-3-1-4-8-12)15(21)19-20-16(22)18-13-9-5-2-6-10-13/h1-10,14H,11,17H2,(H,19,21)(H2,18,20,22). The number of nitrogens with one attached hydrogen (secondary N) is 3. The molecule has 6 nitrogen and oxygen atoms in total. The maximum Gasteiger partial charge on any atom is 0.337 e. The number of hydrazine groups is 1. The number of anilines is 1. The molecule has 114 valence electrons. The molecule has 0 radical (unpaired) electrons. The van der Waals surface area contributed by atoms with E-state index in [1.165, 1.54) is 0 Å². The van der Waals surface area contributed by atoms with Gasteiger partial charge in [0.2, 0.25) is 0 Å². The van der Waals surface area contributed by atoms with E-state index in [2.05, 4.69) is 16.2 Å². The van der Waals surface area contributed by atoms with Crippen molar-refractivity contribution in [3.63, 3.8) is 0 Å². The van der Waals surface area contributed by atoms with Gasteiger partial charge >= 0.3 is 6.03 Å². The van der Waals surface area contributed by atoms with Gasteiger partial charge in [-0.25, -0.2) is 10.2 Å². The molecular formula is C16H18N4O2. The van der Waals surface area contributed by atoms with Crippen LogP contribution in [0.5, 0.6) is 0 Å². The van der Waals surface area contributed by atoms with E-state index in [4.69, 9.17) is 5.73 Å².